The molecule has 0 unspecified atom stereocenters. The average molecular weight is 248 g/mol. The molecule has 0 N–H and O–H groups in total. The van der Waals surface area contributed by atoms with E-state index in [1.165, 1.54) is 0 Å². The highest BCUT2D eigenvalue weighted by Crippen LogP contribution is 2.13. The lowest BCUT2D eigenvalue weighted by molar-refractivity contribution is -0.121. The number of hydrogen-bond acceptors (Lipinski definition) is 3. The van der Waals surface area contributed by atoms with Crippen molar-refractivity contribution < 1.29 is 14.3 Å². The number of aryl methyl sites for hydroxylation is 1. The fourth-order valence-electron chi connectivity index (χ4n) is 1.59. The quantitative estimate of drug-likeness (QED) is 0.710. The van der Waals surface area contributed by atoms with Crippen LogP contribution in [0.15, 0.2) is 24.3 Å². The molecule has 0 bridgehead atoms. The van der Waals surface area contributed by atoms with Crippen LogP contribution in [0.5, 0.6) is 5.75 Å². The van der Waals surface area contributed by atoms with Gasteiger partial charge in [-0.2, -0.15) is 0 Å². The van der Waals surface area contributed by atoms with Crippen LogP contribution in [0.2, 0.25) is 0 Å². The third kappa shape index (κ3) is 5.62. The van der Waals surface area contributed by atoms with Gasteiger partial charge >= 0.3 is 0 Å². The third-order valence-electron chi connectivity index (χ3n) is 2.62. The van der Waals surface area contributed by atoms with Crippen molar-refractivity contribution in [3.05, 3.63) is 29.8 Å². The van der Waals surface area contributed by atoms with Gasteiger partial charge in [-0.25, -0.2) is 0 Å². The maximum atomic E-state index is 11.3. The molecule has 0 aliphatic rings. The van der Waals surface area contributed by atoms with Gasteiger partial charge in [-0.1, -0.05) is 19.1 Å². The van der Waals surface area contributed by atoms with Crippen LogP contribution in [0.3, 0.4) is 0 Å². The summed E-state index contributed by atoms with van der Waals surface area (Å²) >= 11 is 0. The highest BCUT2D eigenvalue weighted by atomic mass is 16.5. The van der Waals surface area contributed by atoms with Crippen molar-refractivity contribution in [3.8, 4) is 5.75 Å². The van der Waals surface area contributed by atoms with Gasteiger partial charge in [0.2, 0.25) is 0 Å². The molecule has 3 heteroatoms. The Bertz CT molecular complexity index is 393. The predicted molar refractivity (Wildman–Crippen MR) is 70.9 cm³/mol. The van der Waals surface area contributed by atoms with Crippen LogP contribution < -0.4 is 4.74 Å². The Labute approximate surface area is 108 Å². The van der Waals surface area contributed by atoms with Crippen molar-refractivity contribution in [1.29, 1.82) is 0 Å². The predicted octanol–water partition coefficient (Wildman–Crippen LogP) is 2.96. The van der Waals surface area contributed by atoms with E-state index in [2.05, 4.69) is 0 Å². The number of ketones is 2. The molecule has 18 heavy (non-hydrogen) atoms. The zero-order chi connectivity index (χ0) is 13.4. The van der Waals surface area contributed by atoms with Crippen molar-refractivity contribution in [2.75, 3.05) is 6.61 Å². The molecule has 98 valence electrons. The Morgan fingerprint density at radius 3 is 2.33 bits per heavy atom. The van der Waals surface area contributed by atoms with Crippen LogP contribution in [0, 0.1) is 0 Å². The van der Waals surface area contributed by atoms with Gasteiger partial charge in [0.25, 0.3) is 0 Å². The number of carbonyl (C=O) groups is 2. The maximum Gasteiger partial charge on any atom is 0.170 e. The molecule has 0 amide bonds. The number of rotatable bonds is 8. The smallest absolute Gasteiger partial charge is 0.170 e. The van der Waals surface area contributed by atoms with E-state index in [0.29, 0.717) is 18.6 Å². The highest BCUT2D eigenvalue weighted by Gasteiger charge is 2.02. The summed E-state index contributed by atoms with van der Waals surface area (Å²) in [6.45, 7) is 3.71. The maximum absolute atomic E-state index is 11.3. The van der Waals surface area contributed by atoms with Gasteiger partial charge in [-0.3, -0.25) is 4.79 Å². The molecular weight excluding hydrogens is 228 g/mol. The van der Waals surface area contributed by atoms with Crippen LogP contribution in [-0.2, 0) is 16.0 Å². The normalized spacial score (nSPS) is 10.1. The van der Waals surface area contributed by atoms with Crippen molar-refractivity contribution >= 4 is 11.6 Å². The lowest BCUT2D eigenvalue weighted by atomic mass is 10.1. The molecule has 0 fully saturated rings. The van der Waals surface area contributed by atoms with Crippen LogP contribution in [0.25, 0.3) is 0 Å². The minimum atomic E-state index is 0.123. The van der Waals surface area contributed by atoms with Gasteiger partial charge in [0.15, 0.2) is 5.78 Å². The zero-order valence-electron chi connectivity index (χ0n) is 11.1. The third-order valence-corrected chi connectivity index (χ3v) is 2.62. The van der Waals surface area contributed by atoms with Crippen molar-refractivity contribution in [1.82, 2.24) is 0 Å². The molecule has 1 aromatic carbocycles. The topological polar surface area (TPSA) is 43.4 Å². The Hall–Kier alpha value is -1.64. The minimum Gasteiger partial charge on any atom is -0.486 e. The Morgan fingerprint density at radius 1 is 1.11 bits per heavy atom. The number of benzene rings is 1. The second-order valence-corrected chi connectivity index (χ2v) is 4.42. The van der Waals surface area contributed by atoms with E-state index in [0.717, 1.165) is 18.4 Å². The van der Waals surface area contributed by atoms with E-state index in [4.69, 9.17) is 4.74 Å². The average Bonchev–Trinajstić information content (AvgIpc) is 2.35. The summed E-state index contributed by atoms with van der Waals surface area (Å²) in [6, 6.07) is 7.55. The summed E-state index contributed by atoms with van der Waals surface area (Å²) in [4.78, 5) is 22.2. The van der Waals surface area contributed by atoms with E-state index in [1.54, 1.807) is 6.92 Å². The fourth-order valence-corrected chi connectivity index (χ4v) is 1.59. The van der Waals surface area contributed by atoms with Gasteiger partial charge in [-0.05, 0) is 37.5 Å². The summed E-state index contributed by atoms with van der Waals surface area (Å²) in [7, 11) is 0. The van der Waals surface area contributed by atoms with Gasteiger partial charge in [0.1, 0.15) is 18.1 Å². The first kappa shape index (κ1) is 14.4. The molecule has 0 saturated carbocycles. The molecule has 0 saturated heterocycles. The van der Waals surface area contributed by atoms with Crippen molar-refractivity contribution in [2.45, 2.75) is 39.5 Å². The molecule has 0 aliphatic heterocycles. The summed E-state index contributed by atoms with van der Waals surface area (Å²) in [5, 5.41) is 0. The molecule has 0 heterocycles. The summed E-state index contributed by atoms with van der Waals surface area (Å²) in [6.07, 6.45) is 2.74. The van der Waals surface area contributed by atoms with Crippen molar-refractivity contribution in [2.24, 2.45) is 0 Å². The Balaban J connectivity index is 2.40. The number of Topliss-reactive ketones (excluding diaryl/α,β-unsaturated/α-hetero) is 2. The molecular formula is C15H20O3. The van der Waals surface area contributed by atoms with E-state index in [9.17, 15) is 9.59 Å². The Kier molecular flexibility index (Phi) is 6.12. The van der Waals surface area contributed by atoms with Crippen LogP contribution in [-0.4, -0.2) is 18.2 Å². The number of carbonyl (C=O) groups excluding carboxylic acids is 2. The summed E-state index contributed by atoms with van der Waals surface area (Å²) in [5.41, 5.74) is 1.11. The zero-order valence-corrected chi connectivity index (χ0v) is 11.1. The van der Waals surface area contributed by atoms with Gasteiger partial charge in [-0.15, -0.1) is 0 Å². The first-order valence-corrected chi connectivity index (χ1v) is 6.34. The molecule has 0 aliphatic carbocycles. The second kappa shape index (κ2) is 7.64. The largest absolute Gasteiger partial charge is 0.486 e. The molecule has 0 atom stereocenters. The Morgan fingerprint density at radius 2 is 1.78 bits per heavy atom. The monoisotopic (exact) mass is 248 g/mol. The fraction of sp³-hybridized carbons (Fsp3) is 0.467. The number of hydrogen-bond donors (Lipinski definition) is 0. The lowest BCUT2D eigenvalue weighted by Crippen LogP contribution is -2.10. The van der Waals surface area contributed by atoms with Crippen molar-refractivity contribution in [3.63, 3.8) is 0 Å². The first-order valence-electron chi connectivity index (χ1n) is 6.34. The summed E-state index contributed by atoms with van der Waals surface area (Å²) < 4.78 is 5.38. The molecule has 0 aromatic heterocycles. The summed E-state index contributed by atoms with van der Waals surface area (Å²) in [5.74, 6) is 1.02. The van der Waals surface area contributed by atoms with Crippen LogP contribution >= 0.6 is 0 Å². The van der Waals surface area contributed by atoms with Crippen LogP contribution in [0.1, 0.15) is 38.7 Å². The van der Waals surface area contributed by atoms with Gasteiger partial charge < -0.3 is 9.53 Å². The van der Waals surface area contributed by atoms with E-state index < -0.39 is 0 Å². The highest BCUT2D eigenvalue weighted by molar-refractivity contribution is 5.79. The van der Waals surface area contributed by atoms with Gasteiger partial charge in [0, 0.05) is 12.8 Å². The SMILES string of the molecule is CCCC(=O)COc1ccc(CCC(C)=O)cc1. The molecule has 0 radical (unpaired) electrons. The van der Waals surface area contributed by atoms with E-state index in [-0.39, 0.29) is 18.2 Å². The molecule has 1 rings (SSSR count). The molecule has 3 nitrogen and oxygen atoms in total. The lowest BCUT2D eigenvalue weighted by Gasteiger charge is -2.06. The minimum absolute atomic E-state index is 0.123. The number of ether oxygens (including phenoxy) is 1. The first-order chi connectivity index (χ1) is 8.61. The van der Waals surface area contributed by atoms with Crippen LogP contribution in [0.4, 0.5) is 0 Å². The van der Waals surface area contributed by atoms with Gasteiger partial charge in [0.05, 0.1) is 0 Å². The molecule has 0 spiro atoms. The molecule has 1 aromatic rings. The standard InChI is InChI=1S/C15H20O3/c1-3-4-14(17)11-18-15-9-7-13(8-10-15)6-5-12(2)16/h7-10H,3-6,11H2,1-2H3. The van der Waals surface area contributed by atoms with E-state index in [1.807, 2.05) is 31.2 Å². The second-order valence-electron chi connectivity index (χ2n) is 4.42. The van der Waals surface area contributed by atoms with E-state index >= 15 is 0 Å².